The molecule has 1 amide bonds. The van der Waals surface area contributed by atoms with Crippen LogP contribution in [-0.2, 0) is 4.79 Å². The highest BCUT2D eigenvalue weighted by molar-refractivity contribution is 5.85. The number of rotatable bonds is 4. The molecule has 2 aliphatic rings. The maximum Gasteiger partial charge on any atom is 0.220 e. The first-order valence-corrected chi connectivity index (χ1v) is 6.89. The van der Waals surface area contributed by atoms with Crippen molar-refractivity contribution in [2.24, 2.45) is 11.7 Å². The van der Waals surface area contributed by atoms with Gasteiger partial charge in [0.15, 0.2) is 0 Å². The van der Waals surface area contributed by atoms with E-state index in [2.05, 4.69) is 17.3 Å². The van der Waals surface area contributed by atoms with Gasteiger partial charge in [0.1, 0.15) is 0 Å². The van der Waals surface area contributed by atoms with Crippen molar-refractivity contribution in [3.05, 3.63) is 0 Å². The number of amides is 1. The van der Waals surface area contributed by atoms with Crippen LogP contribution in [0.3, 0.4) is 0 Å². The number of hydrogen-bond donors (Lipinski definition) is 2. The lowest BCUT2D eigenvalue weighted by atomic mass is 10.00. The fourth-order valence-corrected chi connectivity index (χ4v) is 3.10. The Morgan fingerprint density at radius 1 is 1.26 bits per heavy atom. The predicted molar refractivity (Wildman–Crippen MR) is 83.1 cm³/mol. The van der Waals surface area contributed by atoms with Gasteiger partial charge in [0.2, 0.25) is 5.91 Å². The third-order valence-corrected chi connectivity index (χ3v) is 4.37. The van der Waals surface area contributed by atoms with Crippen LogP contribution in [0.15, 0.2) is 0 Å². The fraction of sp³-hybridized carbons (Fsp3) is 0.923. The zero-order chi connectivity index (χ0) is 12.3. The topological polar surface area (TPSA) is 58.4 Å². The second-order valence-electron chi connectivity index (χ2n) is 5.64. The molecule has 2 fully saturated rings. The third kappa shape index (κ3) is 5.46. The van der Waals surface area contributed by atoms with E-state index in [0.29, 0.717) is 18.4 Å². The number of nitrogens with two attached hydrogens (primary N) is 1. The molecule has 3 N–H and O–H groups in total. The van der Waals surface area contributed by atoms with Crippen molar-refractivity contribution in [1.82, 2.24) is 10.2 Å². The Bertz CT molecular complexity index is 279. The van der Waals surface area contributed by atoms with E-state index in [-0.39, 0.29) is 36.8 Å². The van der Waals surface area contributed by atoms with Crippen molar-refractivity contribution < 1.29 is 4.79 Å². The highest BCUT2D eigenvalue weighted by Gasteiger charge is 2.27. The van der Waals surface area contributed by atoms with Gasteiger partial charge in [0, 0.05) is 25.0 Å². The lowest BCUT2D eigenvalue weighted by molar-refractivity contribution is -0.122. The maximum atomic E-state index is 11.8. The molecular weight excluding hydrogens is 285 g/mol. The Hall–Kier alpha value is -0.0300. The van der Waals surface area contributed by atoms with Crippen LogP contribution in [0.2, 0.25) is 0 Å². The largest absolute Gasteiger partial charge is 0.355 e. The second kappa shape index (κ2) is 9.01. The minimum Gasteiger partial charge on any atom is -0.355 e. The molecule has 0 aromatic rings. The van der Waals surface area contributed by atoms with Gasteiger partial charge in [-0.15, -0.1) is 24.8 Å². The van der Waals surface area contributed by atoms with Crippen molar-refractivity contribution in [2.45, 2.75) is 50.6 Å². The molecule has 19 heavy (non-hydrogen) atoms. The number of carbonyl (C=O) groups is 1. The summed E-state index contributed by atoms with van der Waals surface area (Å²) in [6, 6.07) is 0.783. The summed E-state index contributed by atoms with van der Waals surface area (Å²) in [7, 11) is 2.14. The van der Waals surface area contributed by atoms with Crippen LogP contribution in [-0.4, -0.2) is 43.0 Å². The summed E-state index contributed by atoms with van der Waals surface area (Å²) in [6.07, 6.45) is 6.48. The average Bonchev–Trinajstić information content (AvgIpc) is 2.86. The zero-order valence-corrected chi connectivity index (χ0v) is 13.3. The van der Waals surface area contributed by atoms with Crippen molar-refractivity contribution in [3.63, 3.8) is 0 Å². The molecule has 6 heteroatoms. The van der Waals surface area contributed by atoms with Crippen LogP contribution in [0.25, 0.3) is 0 Å². The Morgan fingerprint density at radius 3 is 2.53 bits per heavy atom. The van der Waals surface area contributed by atoms with Crippen LogP contribution in [0.5, 0.6) is 0 Å². The number of halogens is 2. The van der Waals surface area contributed by atoms with Crippen LogP contribution >= 0.6 is 24.8 Å². The monoisotopic (exact) mass is 311 g/mol. The molecule has 4 nitrogen and oxygen atoms in total. The smallest absolute Gasteiger partial charge is 0.220 e. The van der Waals surface area contributed by atoms with Crippen LogP contribution in [0.4, 0.5) is 0 Å². The van der Waals surface area contributed by atoms with E-state index in [1.165, 1.54) is 19.3 Å². The van der Waals surface area contributed by atoms with Crippen LogP contribution in [0, 0.1) is 5.92 Å². The van der Waals surface area contributed by atoms with Gasteiger partial charge < -0.3 is 16.0 Å². The zero-order valence-electron chi connectivity index (χ0n) is 11.6. The SMILES string of the molecule is CN1CCCC1CNC(=O)C[C@@H]1CCC[C@H]1N.Cl.Cl. The quantitative estimate of drug-likeness (QED) is 0.828. The molecule has 1 unspecified atom stereocenters. The molecule has 1 heterocycles. The maximum absolute atomic E-state index is 11.8. The molecule has 1 saturated heterocycles. The molecule has 0 aromatic heterocycles. The minimum absolute atomic E-state index is 0. The number of nitrogens with one attached hydrogen (secondary N) is 1. The number of likely N-dealkylation sites (N-methyl/N-ethyl adjacent to an activating group) is 1. The molecule has 0 aromatic carbocycles. The first kappa shape index (κ1) is 19.0. The lowest BCUT2D eigenvalue weighted by Gasteiger charge is -2.20. The van der Waals surface area contributed by atoms with Gasteiger partial charge in [-0.25, -0.2) is 0 Å². The Labute approximate surface area is 128 Å². The van der Waals surface area contributed by atoms with E-state index in [4.69, 9.17) is 5.73 Å². The average molecular weight is 312 g/mol. The van der Waals surface area contributed by atoms with Crippen molar-refractivity contribution >= 4 is 30.7 Å². The summed E-state index contributed by atoms with van der Waals surface area (Å²) in [5, 5.41) is 3.07. The summed E-state index contributed by atoms with van der Waals surface area (Å²) in [4.78, 5) is 14.2. The molecule has 1 aliphatic carbocycles. The molecule has 0 radical (unpaired) electrons. The summed E-state index contributed by atoms with van der Waals surface area (Å²) in [5.74, 6) is 0.601. The fourth-order valence-electron chi connectivity index (χ4n) is 3.10. The van der Waals surface area contributed by atoms with E-state index in [1.54, 1.807) is 0 Å². The normalized spacial score (nSPS) is 30.5. The number of hydrogen-bond acceptors (Lipinski definition) is 3. The first-order valence-electron chi connectivity index (χ1n) is 6.89. The lowest BCUT2D eigenvalue weighted by Crippen LogP contribution is -2.39. The predicted octanol–water partition coefficient (Wildman–Crippen LogP) is 1.56. The molecule has 1 aliphatic heterocycles. The van der Waals surface area contributed by atoms with Gasteiger partial charge in [0.05, 0.1) is 0 Å². The molecule has 0 bridgehead atoms. The molecule has 114 valence electrons. The standard InChI is InChI=1S/C13H25N3O.2ClH/c1-16-7-3-5-11(16)9-15-13(17)8-10-4-2-6-12(10)14;;/h10-12H,2-9,14H2,1H3,(H,15,17);2*1H/t10-,11?,12+;;/m0../s1. The van der Waals surface area contributed by atoms with Crippen LogP contribution in [0.1, 0.15) is 38.5 Å². The van der Waals surface area contributed by atoms with E-state index in [0.717, 1.165) is 25.9 Å². The minimum atomic E-state index is 0. The third-order valence-electron chi connectivity index (χ3n) is 4.37. The summed E-state index contributed by atoms with van der Waals surface area (Å²) in [6.45, 7) is 1.96. The molecule has 1 saturated carbocycles. The second-order valence-corrected chi connectivity index (χ2v) is 5.64. The van der Waals surface area contributed by atoms with Gasteiger partial charge in [-0.05, 0) is 45.2 Å². The highest BCUT2D eigenvalue weighted by Crippen LogP contribution is 2.26. The first-order chi connectivity index (χ1) is 8.16. The van der Waals surface area contributed by atoms with Gasteiger partial charge in [-0.3, -0.25) is 4.79 Å². The van der Waals surface area contributed by atoms with Crippen molar-refractivity contribution in [2.75, 3.05) is 20.1 Å². The van der Waals surface area contributed by atoms with Gasteiger partial charge in [0.25, 0.3) is 0 Å². The summed E-state index contributed by atoms with van der Waals surface area (Å²) < 4.78 is 0. The Morgan fingerprint density at radius 2 is 2.00 bits per heavy atom. The van der Waals surface area contributed by atoms with Gasteiger partial charge in [-0.2, -0.15) is 0 Å². The van der Waals surface area contributed by atoms with E-state index < -0.39 is 0 Å². The Kier molecular flexibility index (Phi) is 8.99. The number of likely N-dealkylation sites (tertiary alicyclic amines) is 1. The number of carbonyl (C=O) groups excluding carboxylic acids is 1. The number of nitrogens with zero attached hydrogens (tertiary/aromatic N) is 1. The van der Waals surface area contributed by atoms with E-state index >= 15 is 0 Å². The summed E-state index contributed by atoms with van der Waals surface area (Å²) in [5.41, 5.74) is 5.98. The van der Waals surface area contributed by atoms with E-state index in [1.807, 2.05) is 0 Å². The summed E-state index contributed by atoms with van der Waals surface area (Å²) >= 11 is 0. The van der Waals surface area contributed by atoms with Gasteiger partial charge in [-0.1, -0.05) is 6.42 Å². The Balaban J connectivity index is 0.00000162. The van der Waals surface area contributed by atoms with Crippen molar-refractivity contribution in [3.8, 4) is 0 Å². The van der Waals surface area contributed by atoms with E-state index in [9.17, 15) is 4.79 Å². The van der Waals surface area contributed by atoms with Crippen LogP contribution < -0.4 is 11.1 Å². The van der Waals surface area contributed by atoms with Crippen molar-refractivity contribution in [1.29, 1.82) is 0 Å². The highest BCUT2D eigenvalue weighted by atomic mass is 35.5. The van der Waals surface area contributed by atoms with Gasteiger partial charge >= 0.3 is 0 Å². The molecule has 3 atom stereocenters. The molecule has 0 spiro atoms. The molecular formula is C13H27Cl2N3O. The molecule has 2 rings (SSSR count).